The topological polar surface area (TPSA) is 71.5 Å². The van der Waals surface area contributed by atoms with E-state index in [0.29, 0.717) is 12.8 Å². The van der Waals surface area contributed by atoms with Crippen LogP contribution in [0.15, 0.2) is 23.1 Å². The van der Waals surface area contributed by atoms with Crippen LogP contribution in [0.4, 0.5) is 0 Å². The molecule has 0 unspecified atom stereocenters. The summed E-state index contributed by atoms with van der Waals surface area (Å²) in [6.45, 7) is 2.08. The molecule has 1 saturated heterocycles. The minimum Gasteiger partial charge on any atom is -0.229 e. The molecule has 0 saturated carbocycles. The van der Waals surface area contributed by atoms with E-state index in [9.17, 15) is 16.8 Å². The van der Waals surface area contributed by atoms with E-state index in [1.165, 1.54) is 22.5 Å². The molecule has 0 bridgehead atoms. The van der Waals surface area contributed by atoms with Gasteiger partial charge in [0, 0.05) is 17.6 Å². The third-order valence-electron chi connectivity index (χ3n) is 3.54. The quantitative estimate of drug-likeness (QED) is 0.780. The van der Waals surface area contributed by atoms with Gasteiger partial charge in [0.2, 0.25) is 10.0 Å². The van der Waals surface area contributed by atoms with Crippen LogP contribution in [0.25, 0.3) is 0 Å². The van der Waals surface area contributed by atoms with Crippen molar-refractivity contribution in [1.82, 2.24) is 4.31 Å². The lowest BCUT2D eigenvalue weighted by Gasteiger charge is -2.27. The molecule has 1 aliphatic heterocycles. The van der Waals surface area contributed by atoms with Gasteiger partial charge in [0.05, 0.1) is 16.5 Å². The first-order valence-electron chi connectivity index (χ1n) is 6.84. The van der Waals surface area contributed by atoms with E-state index in [4.69, 9.17) is 23.2 Å². The van der Waals surface area contributed by atoms with Crippen molar-refractivity contribution < 1.29 is 16.8 Å². The Morgan fingerprint density at radius 2 is 2.00 bits per heavy atom. The summed E-state index contributed by atoms with van der Waals surface area (Å²) in [5.74, 6) is -0.138. The molecule has 1 aromatic carbocycles. The number of rotatable bonds is 5. The zero-order valence-electron chi connectivity index (χ0n) is 12.0. The maximum atomic E-state index is 12.9. The third-order valence-corrected chi connectivity index (χ3v) is 7.96. The lowest BCUT2D eigenvalue weighted by molar-refractivity contribution is 0.340. The molecule has 1 fully saturated rings. The van der Waals surface area contributed by atoms with Crippen molar-refractivity contribution in [3.05, 3.63) is 28.2 Å². The van der Waals surface area contributed by atoms with E-state index in [1.807, 2.05) is 6.92 Å². The first kappa shape index (κ1) is 18.0. The second-order valence-corrected chi connectivity index (χ2v) is 10.2. The number of benzene rings is 1. The monoisotopic (exact) mass is 385 g/mol. The first-order chi connectivity index (χ1) is 10.2. The zero-order chi connectivity index (χ0) is 16.5. The van der Waals surface area contributed by atoms with E-state index < -0.39 is 25.9 Å². The Balaban J connectivity index is 2.45. The molecule has 1 aromatic rings. The number of sulfone groups is 1. The highest BCUT2D eigenvalue weighted by atomic mass is 35.5. The smallest absolute Gasteiger partial charge is 0.229 e. The Morgan fingerprint density at radius 3 is 2.55 bits per heavy atom. The summed E-state index contributed by atoms with van der Waals surface area (Å²) in [5, 5.41) is 0.338. The fourth-order valence-electron chi connectivity index (χ4n) is 2.52. The number of nitrogens with zero attached hydrogens (tertiary/aromatic N) is 1. The second kappa shape index (κ2) is 6.65. The molecular weight excluding hydrogens is 369 g/mol. The summed E-state index contributed by atoms with van der Waals surface area (Å²) >= 11 is 11.9. The highest BCUT2D eigenvalue weighted by Crippen LogP contribution is 2.31. The van der Waals surface area contributed by atoms with Gasteiger partial charge in [0.15, 0.2) is 9.84 Å². The van der Waals surface area contributed by atoms with Gasteiger partial charge in [-0.1, -0.05) is 30.1 Å². The van der Waals surface area contributed by atoms with Crippen LogP contribution in [-0.2, 0) is 19.9 Å². The van der Waals surface area contributed by atoms with E-state index >= 15 is 0 Å². The zero-order valence-corrected chi connectivity index (χ0v) is 15.1. The average Bonchev–Trinajstić information content (AvgIpc) is 2.78. The Morgan fingerprint density at radius 1 is 1.32 bits per heavy atom. The van der Waals surface area contributed by atoms with Gasteiger partial charge in [0.1, 0.15) is 4.90 Å². The van der Waals surface area contributed by atoms with Crippen LogP contribution in [0.3, 0.4) is 0 Å². The van der Waals surface area contributed by atoms with Crippen molar-refractivity contribution in [2.75, 3.05) is 18.1 Å². The maximum Gasteiger partial charge on any atom is 0.244 e. The molecule has 0 N–H and O–H groups in total. The number of sulfonamides is 1. The molecule has 2 rings (SSSR count). The van der Waals surface area contributed by atoms with Crippen LogP contribution in [0, 0.1) is 0 Å². The van der Waals surface area contributed by atoms with E-state index in [-0.39, 0.29) is 33.0 Å². The lowest BCUT2D eigenvalue weighted by Crippen LogP contribution is -2.41. The molecule has 0 amide bonds. The van der Waals surface area contributed by atoms with Gasteiger partial charge in [0.25, 0.3) is 0 Å². The van der Waals surface area contributed by atoms with Crippen molar-refractivity contribution >= 4 is 43.1 Å². The average molecular weight is 386 g/mol. The molecule has 5 nitrogen and oxygen atoms in total. The van der Waals surface area contributed by atoms with Gasteiger partial charge in [-0.2, -0.15) is 4.31 Å². The Labute approximate surface area is 141 Å². The van der Waals surface area contributed by atoms with Crippen LogP contribution in [0.5, 0.6) is 0 Å². The lowest BCUT2D eigenvalue weighted by atomic mass is 10.2. The fourth-order valence-corrected chi connectivity index (χ4v) is 6.83. The molecule has 1 heterocycles. The van der Waals surface area contributed by atoms with Crippen molar-refractivity contribution in [2.24, 2.45) is 0 Å². The van der Waals surface area contributed by atoms with Gasteiger partial charge < -0.3 is 0 Å². The number of halogens is 2. The minimum atomic E-state index is -3.90. The van der Waals surface area contributed by atoms with Crippen molar-refractivity contribution in [3.8, 4) is 0 Å². The summed E-state index contributed by atoms with van der Waals surface area (Å²) in [7, 11) is -7.08. The second-order valence-electron chi connectivity index (χ2n) is 5.25. The van der Waals surface area contributed by atoms with Crippen molar-refractivity contribution in [1.29, 1.82) is 0 Å². The molecule has 1 atom stereocenters. The highest BCUT2D eigenvalue weighted by molar-refractivity contribution is 7.92. The summed E-state index contributed by atoms with van der Waals surface area (Å²) in [4.78, 5) is -0.0839. The van der Waals surface area contributed by atoms with E-state index in [0.717, 1.165) is 0 Å². The largest absolute Gasteiger partial charge is 0.244 e. The Hall–Kier alpha value is -0.340. The first-order valence-corrected chi connectivity index (χ1v) is 10.9. The van der Waals surface area contributed by atoms with E-state index in [2.05, 4.69) is 0 Å². The molecule has 0 aliphatic carbocycles. The molecular formula is C13H17Cl2NO4S2. The van der Waals surface area contributed by atoms with Crippen molar-refractivity contribution in [3.63, 3.8) is 0 Å². The summed E-state index contributed by atoms with van der Waals surface area (Å²) in [6, 6.07) is 3.68. The SMILES string of the molecule is CCCN([C@H]1CCS(=O)(=O)C1)S(=O)(=O)c1cc(Cl)ccc1Cl. The number of hydrogen-bond donors (Lipinski definition) is 0. The van der Waals surface area contributed by atoms with Crippen molar-refractivity contribution in [2.45, 2.75) is 30.7 Å². The van der Waals surface area contributed by atoms with Gasteiger partial charge >= 0.3 is 0 Å². The fraction of sp³-hybridized carbons (Fsp3) is 0.538. The summed E-state index contributed by atoms with van der Waals surface area (Å²) in [5.41, 5.74) is 0. The van der Waals surface area contributed by atoms with Crippen LogP contribution < -0.4 is 0 Å². The summed E-state index contributed by atoms with van der Waals surface area (Å²) < 4.78 is 50.3. The van der Waals surface area contributed by atoms with E-state index in [1.54, 1.807) is 0 Å². The van der Waals surface area contributed by atoms with Crippen LogP contribution in [0.2, 0.25) is 10.0 Å². The third kappa shape index (κ3) is 3.76. The van der Waals surface area contributed by atoms with Crippen LogP contribution in [-0.4, -0.2) is 45.2 Å². The van der Waals surface area contributed by atoms with Crippen LogP contribution in [0.1, 0.15) is 19.8 Å². The number of hydrogen-bond acceptors (Lipinski definition) is 4. The molecule has 0 spiro atoms. The molecule has 0 radical (unpaired) electrons. The predicted molar refractivity (Wildman–Crippen MR) is 87.7 cm³/mol. The highest BCUT2D eigenvalue weighted by Gasteiger charge is 2.39. The Kier molecular flexibility index (Phi) is 5.44. The molecule has 22 heavy (non-hydrogen) atoms. The Bertz CT molecular complexity index is 762. The maximum absolute atomic E-state index is 12.9. The van der Waals surface area contributed by atoms with Gasteiger partial charge in [-0.3, -0.25) is 0 Å². The standard InChI is InChI=1S/C13H17Cl2NO4S2/c1-2-6-16(11-5-7-21(17,18)9-11)22(19,20)13-8-10(14)3-4-12(13)15/h3-4,8,11H,2,5-7,9H2,1H3/t11-/m0/s1. The molecule has 0 aromatic heterocycles. The summed E-state index contributed by atoms with van der Waals surface area (Å²) in [6.07, 6.45) is 0.883. The predicted octanol–water partition coefficient (Wildman–Crippen LogP) is 2.58. The normalized spacial score (nSPS) is 21.4. The van der Waals surface area contributed by atoms with Gasteiger partial charge in [-0.15, -0.1) is 0 Å². The van der Waals surface area contributed by atoms with Gasteiger partial charge in [-0.25, -0.2) is 16.8 Å². The van der Waals surface area contributed by atoms with Crippen LogP contribution >= 0.6 is 23.2 Å². The minimum absolute atomic E-state index is 0.0106. The molecule has 1 aliphatic rings. The van der Waals surface area contributed by atoms with Gasteiger partial charge in [-0.05, 0) is 31.0 Å². The molecule has 124 valence electrons. The molecule has 9 heteroatoms.